The van der Waals surface area contributed by atoms with Crippen molar-refractivity contribution in [3.05, 3.63) is 17.9 Å². The number of hydrogen-bond donors (Lipinski definition) is 3. The number of nitrogens with one attached hydrogen (secondary N) is 3. The van der Waals surface area contributed by atoms with Crippen molar-refractivity contribution < 1.29 is 4.52 Å². The van der Waals surface area contributed by atoms with Gasteiger partial charge in [-0.3, -0.25) is 5.10 Å². The minimum absolute atomic E-state index is 0.393. The van der Waals surface area contributed by atoms with Gasteiger partial charge in [0, 0.05) is 6.54 Å². The fourth-order valence-corrected chi connectivity index (χ4v) is 1.78. The third kappa shape index (κ3) is 2.37. The number of hydrogen-bond acceptors (Lipinski definition) is 8. The van der Waals surface area contributed by atoms with Crippen LogP contribution in [0, 0.1) is 6.92 Å². The first-order valence-corrected chi connectivity index (χ1v) is 6.24. The van der Waals surface area contributed by atoms with Crippen LogP contribution in [0.5, 0.6) is 0 Å². The lowest BCUT2D eigenvalue weighted by Gasteiger charge is -2.07. The highest BCUT2D eigenvalue weighted by atomic mass is 16.5. The highest BCUT2D eigenvalue weighted by Gasteiger charge is 2.10. The van der Waals surface area contributed by atoms with Crippen molar-refractivity contribution >= 4 is 22.8 Å². The maximum Gasteiger partial charge on any atom is 0.245 e. The number of aryl methyl sites for hydroxylation is 1. The van der Waals surface area contributed by atoms with Crippen molar-refractivity contribution in [3.8, 4) is 0 Å². The lowest BCUT2D eigenvalue weighted by Crippen LogP contribution is -2.07. The van der Waals surface area contributed by atoms with Crippen LogP contribution in [0.1, 0.15) is 18.6 Å². The van der Waals surface area contributed by atoms with E-state index in [1.807, 2.05) is 6.92 Å². The van der Waals surface area contributed by atoms with Gasteiger partial charge >= 0.3 is 0 Å². The summed E-state index contributed by atoms with van der Waals surface area (Å²) in [4.78, 5) is 12.8. The van der Waals surface area contributed by atoms with Gasteiger partial charge in [-0.25, -0.2) is 0 Å². The number of nitrogens with zero attached hydrogens (tertiary/aromatic N) is 5. The smallest absolute Gasteiger partial charge is 0.245 e. The van der Waals surface area contributed by atoms with E-state index in [0.717, 1.165) is 11.9 Å². The van der Waals surface area contributed by atoms with E-state index >= 15 is 0 Å². The van der Waals surface area contributed by atoms with Gasteiger partial charge in [-0.2, -0.15) is 20.1 Å². The van der Waals surface area contributed by atoms with Crippen LogP contribution in [0.3, 0.4) is 0 Å². The summed E-state index contributed by atoms with van der Waals surface area (Å²) in [5.74, 6) is 2.30. The van der Waals surface area contributed by atoms with Crippen LogP contribution >= 0.6 is 0 Å². The third-order valence-electron chi connectivity index (χ3n) is 2.62. The molecule has 20 heavy (non-hydrogen) atoms. The van der Waals surface area contributed by atoms with Crippen LogP contribution in [-0.2, 0) is 6.54 Å². The van der Waals surface area contributed by atoms with E-state index in [1.165, 1.54) is 0 Å². The minimum atomic E-state index is 0.393. The molecule has 0 aliphatic rings. The molecule has 0 atom stereocenters. The Morgan fingerprint density at radius 3 is 2.90 bits per heavy atom. The summed E-state index contributed by atoms with van der Waals surface area (Å²) in [6.07, 6.45) is 1.67. The molecule has 0 unspecified atom stereocenters. The van der Waals surface area contributed by atoms with Gasteiger partial charge in [0.15, 0.2) is 11.5 Å². The minimum Gasteiger partial charge on any atom is -0.360 e. The summed E-state index contributed by atoms with van der Waals surface area (Å²) in [5.41, 5.74) is 0.667. The number of aromatic nitrogens is 6. The van der Waals surface area contributed by atoms with E-state index in [0.29, 0.717) is 35.7 Å². The standard InChI is InChI=1S/C11H14N8O/c1-3-12-11-16-9(7-4-14-18-10(7)17-11)13-5-8-15-6(2)19-20-8/h4H,3,5H2,1-2H3,(H3,12,13,14,16,17,18). The average molecular weight is 274 g/mol. The Hall–Kier alpha value is -2.71. The first-order chi connectivity index (χ1) is 9.76. The van der Waals surface area contributed by atoms with Crippen molar-refractivity contribution in [2.45, 2.75) is 20.4 Å². The van der Waals surface area contributed by atoms with E-state index in [-0.39, 0.29) is 0 Å². The fraction of sp³-hybridized carbons (Fsp3) is 0.364. The molecule has 0 bridgehead atoms. The first kappa shape index (κ1) is 12.3. The molecule has 0 aromatic carbocycles. The van der Waals surface area contributed by atoms with E-state index in [1.54, 1.807) is 13.1 Å². The molecule has 0 saturated carbocycles. The Morgan fingerprint density at radius 1 is 1.25 bits per heavy atom. The molecule has 9 heteroatoms. The van der Waals surface area contributed by atoms with Crippen LogP contribution in [-0.4, -0.2) is 36.9 Å². The zero-order valence-electron chi connectivity index (χ0n) is 11.1. The lowest BCUT2D eigenvalue weighted by molar-refractivity contribution is 0.379. The predicted molar refractivity (Wildman–Crippen MR) is 72.2 cm³/mol. The zero-order chi connectivity index (χ0) is 13.9. The zero-order valence-corrected chi connectivity index (χ0v) is 11.1. The predicted octanol–water partition coefficient (Wildman–Crippen LogP) is 1.09. The molecule has 0 fully saturated rings. The van der Waals surface area contributed by atoms with Crippen LogP contribution in [0.2, 0.25) is 0 Å². The largest absolute Gasteiger partial charge is 0.360 e. The SMILES string of the molecule is CCNc1nc(NCc2nc(C)no2)c2cn[nH]c2n1. The summed E-state index contributed by atoms with van der Waals surface area (Å²) in [7, 11) is 0. The molecule has 0 amide bonds. The monoisotopic (exact) mass is 274 g/mol. The van der Waals surface area contributed by atoms with Gasteiger partial charge in [0.25, 0.3) is 0 Å². The van der Waals surface area contributed by atoms with Crippen molar-refractivity contribution in [2.75, 3.05) is 17.2 Å². The molecule has 0 saturated heterocycles. The quantitative estimate of drug-likeness (QED) is 0.632. The van der Waals surface area contributed by atoms with Gasteiger partial charge < -0.3 is 15.2 Å². The molecule has 0 spiro atoms. The van der Waals surface area contributed by atoms with Crippen molar-refractivity contribution in [3.63, 3.8) is 0 Å². The van der Waals surface area contributed by atoms with E-state index < -0.39 is 0 Å². The van der Waals surface area contributed by atoms with Gasteiger partial charge in [-0.15, -0.1) is 0 Å². The van der Waals surface area contributed by atoms with E-state index in [4.69, 9.17) is 4.52 Å². The second-order valence-corrected chi connectivity index (χ2v) is 4.15. The summed E-state index contributed by atoms with van der Waals surface area (Å²) in [5, 5.41) is 17.6. The summed E-state index contributed by atoms with van der Waals surface area (Å²) in [6, 6.07) is 0. The number of fused-ring (bicyclic) bond motifs is 1. The second-order valence-electron chi connectivity index (χ2n) is 4.15. The van der Waals surface area contributed by atoms with Crippen LogP contribution in [0.4, 0.5) is 11.8 Å². The molecule has 104 valence electrons. The molecular formula is C11H14N8O. The van der Waals surface area contributed by atoms with Gasteiger partial charge in [0.05, 0.1) is 18.1 Å². The molecule has 3 heterocycles. The fourth-order valence-electron chi connectivity index (χ4n) is 1.78. The van der Waals surface area contributed by atoms with E-state index in [9.17, 15) is 0 Å². The molecule has 3 rings (SSSR count). The maximum atomic E-state index is 5.05. The number of aromatic amines is 1. The van der Waals surface area contributed by atoms with Crippen molar-refractivity contribution in [1.82, 2.24) is 30.3 Å². The molecule has 3 aromatic rings. The van der Waals surface area contributed by atoms with Crippen molar-refractivity contribution in [2.24, 2.45) is 0 Å². The van der Waals surface area contributed by atoms with Gasteiger partial charge in [0.1, 0.15) is 5.82 Å². The molecule has 0 radical (unpaired) electrons. The number of rotatable bonds is 5. The molecule has 9 nitrogen and oxygen atoms in total. The number of H-pyrrole nitrogens is 1. The van der Waals surface area contributed by atoms with Crippen LogP contribution in [0.15, 0.2) is 10.7 Å². The third-order valence-corrected chi connectivity index (χ3v) is 2.62. The molecular weight excluding hydrogens is 260 g/mol. The lowest BCUT2D eigenvalue weighted by atomic mass is 10.4. The Morgan fingerprint density at radius 2 is 2.15 bits per heavy atom. The Bertz CT molecular complexity index is 718. The van der Waals surface area contributed by atoms with Gasteiger partial charge in [0.2, 0.25) is 11.8 Å². The molecule has 0 aliphatic carbocycles. The van der Waals surface area contributed by atoms with Gasteiger partial charge in [-0.05, 0) is 13.8 Å². The molecule has 0 aliphatic heterocycles. The van der Waals surface area contributed by atoms with E-state index in [2.05, 4.69) is 40.9 Å². The highest BCUT2D eigenvalue weighted by molar-refractivity contribution is 5.86. The second kappa shape index (κ2) is 5.11. The van der Waals surface area contributed by atoms with Crippen molar-refractivity contribution in [1.29, 1.82) is 0 Å². The topological polar surface area (TPSA) is 117 Å². The Kier molecular flexibility index (Phi) is 3.15. The number of anilines is 2. The Balaban J connectivity index is 1.87. The van der Waals surface area contributed by atoms with Crippen LogP contribution in [0.25, 0.3) is 11.0 Å². The Labute approximate surface area is 114 Å². The summed E-state index contributed by atoms with van der Waals surface area (Å²) < 4.78 is 5.05. The molecule has 3 aromatic heterocycles. The maximum absolute atomic E-state index is 5.05. The highest BCUT2D eigenvalue weighted by Crippen LogP contribution is 2.20. The normalized spacial score (nSPS) is 10.9. The van der Waals surface area contributed by atoms with Crippen LogP contribution < -0.4 is 10.6 Å². The van der Waals surface area contributed by atoms with Gasteiger partial charge in [-0.1, -0.05) is 5.16 Å². The summed E-state index contributed by atoms with van der Waals surface area (Å²) >= 11 is 0. The summed E-state index contributed by atoms with van der Waals surface area (Å²) in [6.45, 7) is 4.88. The average Bonchev–Trinajstić information content (AvgIpc) is 3.05. The first-order valence-electron chi connectivity index (χ1n) is 6.24. The molecule has 3 N–H and O–H groups in total.